The normalized spacial score (nSPS) is 18.1. The fraction of sp³-hybridized carbons (Fsp3) is 0.625. The fourth-order valence-electron chi connectivity index (χ4n) is 2.82. The molecule has 0 spiro atoms. The van der Waals surface area contributed by atoms with E-state index in [1.165, 1.54) is 0 Å². The highest BCUT2D eigenvalue weighted by Crippen LogP contribution is 2.35. The Morgan fingerprint density at radius 1 is 1.35 bits per heavy atom. The van der Waals surface area contributed by atoms with Crippen LogP contribution in [0.4, 0.5) is 4.39 Å². The van der Waals surface area contributed by atoms with Gasteiger partial charge in [0.1, 0.15) is 5.82 Å². The molecule has 0 atom stereocenters. The smallest absolute Gasteiger partial charge is 0.127 e. The van der Waals surface area contributed by atoms with E-state index in [4.69, 9.17) is 4.74 Å². The van der Waals surface area contributed by atoms with Crippen LogP contribution in [0.15, 0.2) is 22.7 Å². The number of hydrogen-bond acceptors (Lipinski definition) is 2. The van der Waals surface area contributed by atoms with Crippen LogP contribution in [0.3, 0.4) is 0 Å². The predicted molar refractivity (Wildman–Crippen MR) is 83.5 cm³/mol. The molecular weight excluding hydrogens is 321 g/mol. The molecule has 0 amide bonds. The van der Waals surface area contributed by atoms with E-state index < -0.39 is 0 Å². The maximum atomic E-state index is 14.1. The monoisotopic (exact) mass is 343 g/mol. The lowest BCUT2D eigenvalue weighted by Gasteiger charge is -2.38. The Labute approximate surface area is 129 Å². The van der Waals surface area contributed by atoms with Crippen LogP contribution >= 0.6 is 15.9 Å². The van der Waals surface area contributed by atoms with Crippen molar-refractivity contribution in [2.45, 2.75) is 32.6 Å². The van der Waals surface area contributed by atoms with E-state index in [1.54, 1.807) is 6.07 Å². The van der Waals surface area contributed by atoms with Gasteiger partial charge >= 0.3 is 0 Å². The summed E-state index contributed by atoms with van der Waals surface area (Å²) in [7, 11) is 0. The van der Waals surface area contributed by atoms with Crippen LogP contribution in [-0.2, 0) is 11.2 Å². The van der Waals surface area contributed by atoms with E-state index in [0.29, 0.717) is 0 Å². The van der Waals surface area contributed by atoms with Gasteiger partial charge in [0.25, 0.3) is 0 Å². The van der Waals surface area contributed by atoms with Crippen LogP contribution in [0.25, 0.3) is 0 Å². The van der Waals surface area contributed by atoms with Crippen molar-refractivity contribution in [3.05, 3.63) is 34.1 Å². The third-order valence-corrected chi connectivity index (χ3v) is 4.55. The van der Waals surface area contributed by atoms with Crippen molar-refractivity contribution in [2.24, 2.45) is 5.41 Å². The Kier molecular flexibility index (Phi) is 6.00. The standard InChI is InChI=1S/C16H23BrFNO/c1-2-7-19-12-16(5-8-20-9-6-16)11-13-3-4-14(17)10-15(13)18/h3-4,10,19H,2,5-9,11-12H2,1H3. The minimum atomic E-state index is -0.110. The number of hydrogen-bond donors (Lipinski definition) is 1. The van der Waals surface area contributed by atoms with E-state index in [9.17, 15) is 4.39 Å². The van der Waals surface area contributed by atoms with Gasteiger partial charge in [-0.25, -0.2) is 4.39 Å². The van der Waals surface area contributed by atoms with Crippen molar-refractivity contribution in [3.63, 3.8) is 0 Å². The van der Waals surface area contributed by atoms with Crippen molar-refractivity contribution in [2.75, 3.05) is 26.3 Å². The second-order valence-electron chi connectivity index (χ2n) is 5.70. The number of ether oxygens (including phenoxy) is 1. The molecule has 4 heteroatoms. The zero-order chi connectivity index (χ0) is 14.4. The molecule has 2 nitrogen and oxygen atoms in total. The molecule has 0 aromatic heterocycles. The molecule has 0 unspecified atom stereocenters. The summed E-state index contributed by atoms with van der Waals surface area (Å²) in [5.41, 5.74) is 0.940. The van der Waals surface area contributed by atoms with E-state index in [-0.39, 0.29) is 11.2 Å². The van der Waals surface area contributed by atoms with Gasteiger partial charge in [-0.1, -0.05) is 28.9 Å². The van der Waals surface area contributed by atoms with E-state index in [0.717, 1.165) is 62.0 Å². The van der Waals surface area contributed by atoms with E-state index >= 15 is 0 Å². The summed E-state index contributed by atoms with van der Waals surface area (Å²) in [6.45, 7) is 5.70. The SMILES string of the molecule is CCCNCC1(Cc2ccc(Br)cc2F)CCOCC1. The molecule has 1 heterocycles. The largest absolute Gasteiger partial charge is 0.381 e. The van der Waals surface area contributed by atoms with Crippen molar-refractivity contribution in [1.82, 2.24) is 5.32 Å². The minimum Gasteiger partial charge on any atom is -0.381 e. The molecule has 0 radical (unpaired) electrons. The Hall–Kier alpha value is -0.450. The maximum absolute atomic E-state index is 14.1. The van der Waals surface area contributed by atoms with E-state index in [1.807, 2.05) is 12.1 Å². The molecule has 1 aliphatic rings. The molecule has 2 rings (SSSR count). The highest BCUT2D eigenvalue weighted by molar-refractivity contribution is 9.10. The Bertz CT molecular complexity index is 432. The number of benzene rings is 1. The van der Waals surface area contributed by atoms with Crippen LogP contribution < -0.4 is 5.32 Å². The van der Waals surface area contributed by atoms with Gasteiger partial charge in [-0.05, 0) is 55.3 Å². The first kappa shape index (κ1) is 15.9. The molecule has 112 valence electrons. The molecule has 0 bridgehead atoms. The molecular formula is C16H23BrFNO. The molecule has 1 aliphatic heterocycles. The average molecular weight is 344 g/mol. The molecule has 1 aromatic rings. The van der Waals surface area contributed by atoms with E-state index in [2.05, 4.69) is 28.2 Å². The van der Waals surface area contributed by atoms with Crippen molar-refractivity contribution >= 4 is 15.9 Å². The third-order valence-electron chi connectivity index (χ3n) is 4.06. The number of halogens is 2. The van der Waals surface area contributed by atoms with Gasteiger partial charge in [-0.15, -0.1) is 0 Å². The molecule has 1 N–H and O–H groups in total. The maximum Gasteiger partial charge on any atom is 0.127 e. The minimum absolute atomic E-state index is 0.110. The first-order valence-corrected chi connectivity index (χ1v) is 8.17. The van der Waals surface area contributed by atoms with Gasteiger partial charge in [0.15, 0.2) is 0 Å². The summed E-state index contributed by atoms with van der Waals surface area (Å²) in [5.74, 6) is -0.110. The number of rotatable bonds is 6. The summed E-state index contributed by atoms with van der Waals surface area (Å²) < 4.78 is 20.4. The zero-order valence-electron chi connectivity index (χ0n) is 12.1. The third kappa shape index (κ3) is 4.27. The second kappa shape index (κ2) is 7.53. The highest BCUT2D eigenvalue weighted by Gasteiger charge is 2.33. The molecule has 1 saturated heterocycles. The fourth-order valence-corrected chi connectivity index (χ4v) is 3.15. The van der Waals surface area contributed by atoms with Gasteiger partial charge in [0, 0.05) is 24.2 Å². The van der Waals surface area contributed by atoms with Crippen LogP contribution in [0, 0.1) is 11.2 Å². The van der Waals surface area contributed by atoms with Crippen molar-refractivity contribution in [3.8, 4) is 0 Å². The summed E-state index contributed by atoms with van der Waals surface area (Å²) in [4.78, 5) is 0. The van der Waals surface area contributed by atoms with Gasteiger partial charge in [0.2, 0.25) is 0 Å². The molecule has 1 fully saturated rings. The average Bonchev–Trinajstić information content (AvgIpc) is 2.44. The van der Waals surface area contributed by atoms with Gasteiger partial charge in [-0.2, -0.15) is 0 Å². The summed E-state index contributed by atoms with van der Waals surface area (Å²) in [5, 5.41) is 3.51. The van der Waals surface area contributed by atoms with Crippen LogP contribution in [0.2, 0.25) is 0 Å². The second-order valence-corrected chi connectivity index (χ2v) is 6.62. The molecule has 20 heavy (non-hydrogen) atoms. The Morgan fingerprint density at radius 3 is 2.75 bits per heavy atom. The highest BCUT2D eigenvalue weighted by atomic mass is 79.9. The van der Waals surface area contributed by atoms with Crippen molar-refractivity contribution < 1.29 is 9.13 Å². The predicted octanol–water partition coefficient (Wildman–Crippen LogP) is 3.93. The topological polar surface area (TPSA) is 21.3 Å². The summed E-state index contributed by atoms with van der Waals surface area (Å²) in [6, 6.07) is 5.38. The van der Waals surface area contributed by atoms with Gasteiger partial charge < -0.3 is 10.1 Å². The van der Waals surface area contributed by atoms with Gasteiger partial charge in [-0.3, -0.25) is 0 Å². The summed E-state index contributed by atoms with van der Waals surface area (Å²) in [6.07, 6.45) is 3.91. The Balaban J connectivity index is 2.10. The van der Waals surface area contributed by atoms with Crippen LogP contribution in [0.5, 0.6) is 0 Å². The Morgan fingerprint density at radius 2 is 2.10 bits per heavy atom. The van der Waals surface area contributed by atoms with Crippen LogP contribution in [0.1, 0.15) is 31.7 Å². The van der Waals surface area contributed by atoms with Crippen LogP contribution in [-0.4, -0.2) is 26.3 Å². The lowest BCUT2D eigenvalue weighted by atomic mass is 9.75. The lowest BCUT2D eigenvalue weighted by Crippen LogP contribution is -2.41. The molecule has 1 aromatic carbocycles. The van der Waals surface area contributed by atoms with Crippen molar-refractivity contribution in [1.29, 1.82) is 0 Å². The first-order valence-electron chi connectivity index (χ1n) is 7.38. The zero-order valence-corrected chi connectivity index (χ0v) is 13.6. The first-order chi connectivity index (χ1) is 9.65. The van der Waals surface area contributed by atoms with Gasteiger partial charge in [0.05, 0.1) is 0 Å². The lowest BCUT2D eigenvalue weighted by molar-refractivity contribution is 0.0146. The molecule has 0 aliphatic carbocycles. The quantitative estimate of drug-likeness (QED) is 0.790. The summed E-state index contributed by atoms with van der Waals surface area (Å²) >= 11 is 3.31. The number of nitrogens with one attached hydrogen (secondary N) is 1. The molecule has 0 saturated carbocycles.